The second kappa shape index (κ2) is 6.53. The van der Waals surface area contributed by atoms with Gasteiger partial charge in [0.1, 0.15) is 0 Å². The number of aromatic nitrogens is 3. The number of hydrogen-bond acceptors (Lipinski definition) is 5. The summed E-state index contributed by atoms with van der Waals surface area (Å²) in [5.74, 6) is 0.605. The highest BCUT2D eigenvalue weighted by atomic mass is 16.4. The molecule has 1 N–H and O–H groups in total. The molecular weight excluding hydrogens is 366 g/mol. The highest BCUT2D eigenvalue weighted by molar-refractivity contribution is 5.97. The van der Waals surface area contributed by atoms with Crippen LogP contribution < -0.4 is 11.0 Å². The lowest BCUT2D eigenvalue weighted by atomic mass is 10.1. The molecule has 3 aromatic carbocycles. The van der Waals surface area contributed by atoms with Gasteiger partial charge in [0.2, 0.25) is 11.8 Å². The van der Waals surface area contributed by atoms with Crippen molar-refractivity contribution < 1.29 is 4.42 Å². The van der Waals surface area contributed by atoms with Crippen LogP contribution in [0.2, 0.25) is 0 Å². The van der Waals surface area contributed by atoms with Crippen molar-refractivity contribution in [1.29, 1.82) is 0 Å². The summed E-state index contributed by atoms with van der Waals surface area (Å²) in [5, 5.41) is 9.40. The zero-order valence-corrected chi connectivity index (χ0v) is 15.5. The Morgan fingerprint density at radius 2 is 1.48 bits per heavy atom. The first-order valence-electron chi connectivity index (χ1n) is 9.11. The van der Waals surface area contributed by atoms with Gasteiger partial charge in [-0.3, -0.25) is 9.59 Å². The fraction of sp³-hybridized carbons (Fsp3) is 0.0435. The first-order valence-corrected chi connectivity index (χ1v) is 9.11. The Morgan fingerprint density at radius 3 is 2.28 bits per heavy atom. The molecule has 140 valence electrons. The van der Waals surface area contributed by atoms with E-state index in [-0.39, 0.29) is 16.9 Å². The van der Waals surface area contributed by atoms with Crippen molar-refractivity contribution in [2.45, 2.75) is 6.92 Å². The molecule has 6 heteroatoms. The van der Waals surface area contributed by atoms with Crippen LogP contribution in [-0.4, -0.2) is 15.2 Å². The number of benzene rings is 3. The van der Waals surface area contributed by atoms with Crippen LogP contribution in [0.5, 0.6) is 0 Å². The van der Waals surface area contributed by atoms with Crippen molar-refractivity contribution in [2.24, 2.45) is 0 Å². The molecule has 0 atom stereocenters. The van der Waals surface area contributed by atoms with Gasteiger partial charge in [0.25, 0.3) is 5.56 Å². The summed E-state index contributed by atoms with van der Waals surface area (Å²) in [6.07, 6.45) is 0. The summed E-state index contributed by atoms with van der Waals surface area (Å²) in [7, 11) is 0. The second-order valence-corrected chi connectivity index (χ2v) is 6.84. The van der Waals surface area contributed by atoms with E-state index in [0.717, 1.165) is 11.1 Å². The van der Waals surface area contributed by atoms with Gasteiger partial charge in [-0.1, -0.05) is 36.4 Å². The lowest BCUT2D eigenvalue weighted by Gasteiger charge is -2.02. The lowest BCUT2D eigenvalue weighted by molar-refractivity contribution is 0.585. The molecule has 2 aromatic heterocycles. The molecule has 0 spiro atoms. The fourth-order valence-corrected chi connectivity index (χ4v) is 3.50. The van der Waals surface area contributed by atoms with Crippen LogP contribution >= 0.6 is 0 Å². The zero-order valence-electron chi connectivity index (χ0n) is 15.5. The topological polar surface area (TPSA) is 88.8 Å². The number of fused-ring (bicyclic) bond motifs is 2. The normalized spacial score (nSPS) is 11.2. The van der Waals surface area contributed by atoms with Crippen LogP contribution in [0.3, 0.4) is 0 Å². The summed E-state index contributed by atoms with van der Waals surface area (Å²) >= 11 is 0. The Labute approximate surface area is 164 Å². The molecule has 0 aliphatic carbocycles. The minimum Gasteiger partial charge on any atom is -0.416 e. The molecule has 0 saturated heterocycles. The van der Waals surface area contributed by atoms with Gasteiger partial charge in [0.15, 0.2) is 5.43 Å². The Bertz CT molecular complexity index is 1500. The van der Waals surface area contributed by atoms with E-state index >= 15 is 0 Å². The first kappa shape index (κ1) is 17.1. The van der Waals surface area contributed by atoms with E-state index in [0.29, 0.717) is 33.1 Å². The molecule has 0 amide bonds. The van der Waals surface area contributed by atoms with E-state index in [2.05, 4.69) is 15.2 Å². The number of aryl methyl sites for hydroxylation is 1. The quantitative estimate of drug-likeness (QED) is 0.498. The zero-order chi connectivity index (χ0) is 20.0. The van der Waals surface area contributed by atoms with E-state index in [1.165, 1.54) is 0 Å². The molecule has 29 heavy (non-hydrogen) atoms. The predicted molar refractivity (Wildman–Crippen MR) is 112 cm³/mol. The SMILES string of the molecule is Cc1cc(-c2nnc(-c3ccccc3)o2)c2[nH]c(=O)c3ccccc3c(=O)c2c1. The fourth-order valence-electron chi connectivity index (χ4n) is 3.50. The number of aromatic amines is 1. The van der Waals surface area contributed by atoms with Gasteiger partial charge < -0.3 is 9.40 Å². The maximum absolute atomic E-state index is 13.2. The first-order chi connectivity index (χ1) is 14.1. The Hall–Kier alpha value is -4.06. The summed E-state index contributed by atoms with van der Waals surface area (Å²) in [4.78, 5) is 28.8. The van der Waals surface area contributed by atoms with Crippen molar-refractivity contribution in [1.82, 2.24) is 15.2 Å². The van der Waals surface area contributed by atoms with Crippen LogP contribution in [0.1, 0.15) is 5.56 Å². The highest BCUT2D eigenvalue weighted by Crippen LogP contribution is 2.29. The Kier molecular flexibility index (Phi) is 3.84. The van der Waals surface area contributed by atoms with Crippen LogP contribution in [-0.2, 0) is 0 Å². The Balaban J connectivity index is 1.85. The van der Waals surface area contributed by atoms with Crippen LogP contribution in [0.4, 0.5) is 0 Å². The molecule has 6 nitrogen and oxygen atoms in total. The van der Waals surface area contributed by atoms with Crippen molar-refractivity contribution in [2.75, 3.05) is 0 Å². The maximum Gasteiger partial charge on any atom is 0.256 e. The van der Waals surface area contributed by atoms with Gasteiger partial charge in [0, 0.05) is 16.3 Å². The molecule has 0 saturated carbocycles. The average molecular weight is 381 g/mol. The van der Waals surface area contributed by atoms with Crippen molar-refractivity contribution in [3.05, 3.63) is 92.9 Å². The molecule has 0 unspecified atom stereocenters. The third-order valence-corrected chi connectivity index (χ3v) is 4.86. The summed E-state index contributed by atoms with van der Waals surface area (Å²) in [6, 6.07) is 19.8. The molecule has 0 aliphatic rings. The average Bonchev–Trinajstić information content (AvgIpc) is 3.21. The van der Waals surface area contributed by atoms with Gasteiger partial charge in [0.05, 0.1) is 16.5 Å². The van der Waals surface area contributed by atoms with Crippen molar-refractivity contribution >= 4 is 21.7 Å². The smallest absolute Gasteiger partial charge is 0.256 e. The number of rotatable bonds is 2. The van der Waals surface area contributed by atoms with Crippen LogP contribution in [0.15, 0.2) is 80.7 Å². The lowest BCUT2D eigenvalue weighted by Crippen LogP contribution is -2.02. The summed E-state index contributed by atoms with van der Waals surface area (Å²) in [6.45, 7) is 1.88. The van der Waals surface area contributed by atoms with Crippen molar-refractivity contribution in [3.63, 3.8) is 0 Å². The van der Waals surface area contributed by atoms with Gasteiger partial charge in [-0.25, -0.2) is 0 Å². The van der Waals surface area contributed by atoms with E-state index < -0.39 is 0 Å². The van der Waals surface area contributed by atoms with Crippen LogP contribution in [0, 0.1) is 6.92 Å². The van der Waals surface area contributed by atoms with E-state index in [9.17, 15) is 9.59 Å². The van der Waals surface area contributed by atoms with E-state index in [4.69, 9.17) is 4.42 Å². The van der Waals surface area contributed by atoms with Gasteiger partial charge >= 0.3 is 0 Å². The second-order valence-electron chi connectivity index (χ2n) is 6.84. The largest absolute Gasteiger partial charge is 0.416 e. The molecule has 0 fully saturated rings. The summed E-state index contributed by atoms with van der Waals surface area (Å²) < 4.78 is 5.88. The van der Waals surface area contributed by atoms with Crippen LogP contribution in [0.25, 0.3) is 44.6 Å². The molecule has 5 rings (SSSR count). The maximum atomic E-state index is 13.2. The Morgan fingerprint density at radius 1 is 0.793 bits per heavy atom. The standard InChI is InChI=1S/C23H15N3O3/c1-13-11-17-19(24-21(28)16-10-6-5-9-15(16)20(17)27)18(12-13)23-26-25-22(29-23)14-7-3-2-4-8-14/h2-12H,1H3,(H,24,28). The van der Waals surface area contributed by atoms with Crippen molar-refractivity contribution in [3.8, 4) is 22.9 Å². The third kappa shape index (κ3) is 2.82. The molecule has 0 aliphatic heterocycles. The number of hydrogen-bond donors (Lipinski definition) is 1. The number of nitrogens with zero attached hydrogens (tertiary/aromatic N) is 2. The van der Waals surface area contributed by atoms with Gasteiger partial charge in [-0.15, -0.1) is 10.2 Å². The minimum atomic E-state index is -0.347. The van der Waals surface area contributed by atoms with Gasteiger partial charge in [-0.2, -0.15) is 0 Å². The van der Waals surface area contributed by atoms with E-state index in [1.54, 1.807) is 30.3 Å². The van der Waals surface area contributed by atoms with E-state index in [1.807, 2.05) is 43.3 Å². The minimum absolute atomic E-state index is 0.221. The molecule has 5 aromatic rings. The molecule has 0 radical (unpaired) electrons. The molecule has 0 bridgehead atoms. The molecular formula is C23H15N3O3. The number of nitrogens with one attached hydrogen (secondary N) is 1. The highest BCUT2D eigenvalue weighted by Gasteiger charge is 2.16. The van der Waals surface area contributed by atoms with Gasteiger partial charge in [-0.05, 0) is 42.8 Å². The third-order valence-electron chi connectivity index (χ3n) is 4.86. The predicted octanol–water partition coefficient (Wildman–Crippen LogP) is 4.07. The summed E-state index contributed by atoms with van der Waals surface area (Å²) in [5.41, 5.74) is 1.97. The molecule has 2 heterocycles. The number of H-pyrrole nitrogens is 1. The monoisotopic (exact) mass is 381 g/mol.